The van der Waals surface area contributed by atoms with E-state index in [0.29, 0.717) is 16.1 Å². The third-order valence-corrected chi connectivity index (χ3v) is 4.78. The highest BCUT2D eigenvalue weighted by Gasteiger charge is 2.12. The van der Waals surface area contributed by atoms with E-state index in [1.807, 2.05) is 30.3 Å². The number of aromatic nitrogens is 1. The average Bonchev–Trinajstić information content (AvgIpc) is 2.66. The number of benzene rings is 2. The number of ether oxygens (including phenoxy) is 1. The van der Waals surface area contributed by atoms with Crippen LogP contribution >= 0.6 is 34.8 Å². The molecule has 1 N–H and O–H groups in total. The molecule has 1 aromatic heterocycles. The summed E-state index contributed by atoms with van der Waals surface area (Å²) >= 11 is 17.8. The Labute approximate surface area is 170 Å². The number of hydrogen-bond acceptors (Lipinski definition) is 4. The summed E-state index contributed by atoms with van der Waals surface area (Å²) in [5.74, 6) is -1.07. The monoisotopic (exact) mass is 422 g/mol. The standard InChI is InChI=1S/C19H13Cl3N2O3/c20-14-6-5-12(8-15(14)21)19(26)23-9-17(25)27-10-13-7-11-3-1-2-4-16(11)24-18(13)22/h1-8H,9-10H2,(H,23,26). The summed E-state index contributed by atoms with van der Waals surface area (Å²) in [5, 5.41) is 4.21. The highest BCUT2D eigenvalue weighted by atomic mass is 35.5. The molecule has 27 heavy (non-hydrogen) atoms. The van der Waals surface area contributed by atoms with Crippen molar-refractivity contribution in [2.24, 2.45) is 0 Å². The molecule has 138 valence electrons. The number of carbonyl (C=O) groups is 2. The lowest BCUT2D eigenvalue weighted by Crippen LogP contribution is -2.30. The van der Waals surface area contributed by atoms with Crippen LogP contribution in [0.25, 0.3) is 10.9 Å². The summed E-state index contributed by atoms with van der Waals surface area (Å²) in [6, 6.07) is 13.7. The number of esters is 1. The van der Waals surface area contributed by atoms with Crippen LogP contribution in [0, 0.1) is 0 Å². The number of halogens is 3. The summed E-state index contributed by atoms with van der Waals surface area (Å²) in [6.45, 7) is -0.337. The predicted molar refractivity (Wildman–Crippen MR) is 105 cm³/mol. The second-order valence-electron chi connectivity index (χ2n) is 5.60. The molecule has 0 spiro atoms. The van der Waals surface area contributed by atoms with E-state index in [1.165, 1.54) is 18.2 Å². The average molecular weight is 424 g/mol. The lowest BCUT2D eigenvalue weighted by molar-refractivity contribution is -0.143. The first-order chi connectivity index (χ1) is 12.9. The van der Waals surface area contributed by atoms with Gasteiger partial charge in [0.15, 0.2) is 0 Å². The number of pyridine rings is 1. The van der Waals surface area contributed by atoms with Crippen LogP contribution in [0.2, 0.25) is 15.2 Å². The molecule has 0 atom stereocenters. The summed E-state index contributed by atoms with van der Waals surface area (Å²) in [4.78, 5) is 28.2. The normalized spacial score (nSPS) is 10.6. The van der Waals surface area contributed by atoms with Gasteiger partial charge < -0.3 is 10.1 Å². The van der Waals surface area contributed by atoms with Crippen molar-refractivity contribution in [3.63, 3.8) is 0 Å². The minimum absolute atomic E-state index is 0.0435. The molecule has 0 unspecified atom stereocenters. The summed E-state index contributed by atoms with van der Waals surface area (Å²) in [6.07, 6.45) is 0. The molecule has 0 saturated heterocycles. The smallest absolute Gasteiger partial charge is 0.325 e. The quantitative estimate of drug-likeness (QED) is 0.478. The summed E-state index contributed by atoms with van der Waals surface area (Å²) in [7, 11) is 0. The number of hydrogen-bond donors (Lipinski definition) is 1. The number of amides is 1. The second-order valence-corrected chi connectivity index (χ2v) is 6.78. The number of nitrogens with zero attached hydrogens (tertiary/aromatic N) is 1. The van der Waals surface area contributed by atoms with Crippen molar-refractivity contribution in [3.8, 4) is 0 Å². The number of carbonyl (C=O) groups excluding carboxylic acids is 2. The van der Waals surface area contributed by atoms with Gasteiger partial charge in [0.2, 0.25) is 0 Å². The molecule has 0 aliphatic rings. The molecule has 3 aromatic rings. The summed E-state index contributed by atoms with van der Waals surface area (Å²) in [5.41, 5.74) is 1.63. The molecule has 2 aromatic carbocycles. The molecular formula is C19H13Cl3N2O3. The Balaban J connectivity index is 1.56. The van der Waals surface area contributed by atoms with Crippen LogP contribution in [0.15, 0.2) is 48.5 Å². The zero-order valence-corrected chi connectivity index (χ0v) is 16.1. The van der Waals surface area contributed by atoms with Crippen molar-refractivity contribution >= 4 is 57.6 Å². The maximum Gasteiger partial charge on any atom is 0.325 e. The molecule has 1 heterocycles. The Hall–Kier alpha value is -2.34. The Kier molecular flexibility index (Phi) is 6.16. The third-order valence-electron chi connectivity index (χ3n) is 3.71. The molecule has 0 radical (unpaired) electrons. The lowest BCUT2D eigenvalue weighted by atomic mass is 10.2. The van der Waals surface area contributed by atoms with E-state index < -0.39 is 11.9 Å². The fourth-order valence-electron chi connectivity index (χ4n) is 2.34. The topological polar surface area (TPSA) is 68.3 Å². The largest absolute Gasteiger partial charge is 0.459 e. The van der Waals surface area contributed by atoms with Crippen LogP contribution in [0.1, 0.15) is 15.9 Å². The van der Waals surface area contributed by atoms with Gasteiger partial charge in [0.25, 0.3) is 5.91 Å². The van der Waals surface area contributed by atoms with Gasteiger partial charge in [-0.1, -0.05) is 53.0 Å². The first kappa shape index (κ1) is 19.4. The molecule has 0 aliphatic carbocycles. The van der Waals surface area contributed by atoms with Crippen molar-refractivity contribution in [2.45, 2.75) is 6.61 Å². The molecule has 3 rings (SSSR count). The first-order valence-corrected chi connectivity index (χ1v) is 9.00. The van der Waals surface area contributed by atoms with Gasteiger partial charge in [-0.25, -0.2) is 4.98 Å². The van der Waals surface area contributed by atoms with Crippen LogP contribution in [0.4, 0.5) is 0 Å². The van der Waals surface area contributed by atoms with Gasteiger partial charge in [-0.15, -0.1) is 0 Å². The zero-order chi connectivity index (χ0) is 19.4. The molecule has 0 aliphatic heterocycles. The van der Waals surface area contributed by atoms with Crippen molar-refractivity contribution in [1.29, 1.82) is 0 Å². The van der Waals surface area contributed by atoms with Gasteiger partial charge in [-0.2, -0.15) is 0 Å². The van der Waals surface area contributed by atoms with E-state index in [2.05, 4.69) is 10.3 Å². The second kappa shape index (κ2) is 8.57. The highest BCUT2D eigenvalue weighted by Crippen LogP contribution is 2.23. The predicted octanol–water partition coefficient (Wildman–Crippen LogP) is 4.67. The maximum absolute atomic E-state index is 12.0. The Morgan fingerprint density at radius 2 is 1.78 bits per heavy atom. The molecular weight excluding hydrogens is 411 g/mol. The molecule has 0 fully saturated rings. The minimum Gasteiger partial charge on any atom is -0.459 e. The lowest BCUT2D eigenvalue weighted by Gasteiger charge is -2.09. The van der Waals surface area contributed by atoms with Crippen LogP contribution in [-0.2, 0) is 16.1 Å². The Bertz CT molecular complexity index is 1020. The maximum atomic E-state index is 12.0. The molecule has 0 bridgehead atoms. The van der Waals surface area contributed by atoms with E-state index in [-0.39, 0.29) is 23.3 Å². The summed E-state index contributed by atoms with van der Waals surface area (Å²) < 4.78 is 5.16. The van der Waals surface area contributed by atoms with Crippen LogP contribution in [0.3, 0.4) is 0 Å². The van der Waals surface area contributed by atoms with E-state index in [1.54, 1.807) is 0 Å². The molecule has 0 saturated carbocycles. The fourth-order valence-corrected chi connectivity index (χ4v) is 2.84. The van der Waals surface area contributed by atoms with E-state index >= 15 is 0 Å². The minimum atomic E-state index is -0.604. The molecule has 1 amide bonds. The number of nitrogens with one attached hydrogen (secondary N) is 1. The molecule has 5 nitrogen and oxygen atoms in total. The Morgan fingerprint density at radius 3 is 2.56 bits per heavy atom. The zero-order valence-electron chi connectivity index (χ0n) is 13.8. The number of fused-ring (bicyclic) bond motifs is 1. The van der Waals surface area contributed by atoms with E-state index in [4.69, 9.17) is 39.5 Å². The van der Waals surface area contributed by atoms with Crippen molar-refractivity contribution in [2.75, 3.05) is 6.54 Å². The molecule has 8 heteroatoms. The van der Waals surface area contributed by atoms with Gasteiger partial charge in [-0.3, -0.25) is 9.59 Å². The third kappa shape index (κ3) is 4.89. The SMILES string of the molecule is O=C(CNC(=O)c1ccc(Cl)c(Cl)c1)OCc1cc2ccccc2nc1Cl. The number of para-hydroxylation sites is 1. The van der Waals surface area contributed by atoms with Gasteiger partial charge in [0.05, 0.1) is 15.6 Å². The van der Waals surface area contributed by atoms with Crippen LogP contribution < -0.4 is 5.32 Å². The Morgan fingerprint density at radius 1 is 1.00 bits per heavy atom. The van der Waals surface area contributed by atoms with Gasteiger partial charge in [-0.05, 0) is 30.3 Å². The van der Waals surface area contributed by atoms with Crippen molar-refractivity contribution in [1.82, 2.24) is 10.3 Å². The van der Waals surface area contributed by atoms with Crippen molar-refractivity contribution < 1.29 is 14.3 Å². The van der Waals surface area contributed by atoms with Crippen LogP contribution in [0.5, 0.6) is 0 Å². The van der Waals surface area contributed by atoms with Gasteiger partial charge in [0, 0.05) is 16.5 Å². The highest BCUT2D eigenvalue weighted by molar-refractivity contribution is 6.42. The van der Waals surface area contributed by atoms with E-state index in [9.17, 15) is 9.59 Å². The van der Waals surface area contributed by atoms with Crippen molar-refractivity contribution in [3.05, 3.63) is 74.9 Å². The van der Waals surface area contributed by atoms with Gasteiger partial charge >= 0.3 is 5.97 Å². The first-order valence-electron chi connectivity index (χ1n) is 7.87. The fraction of sp³-hybridized carbons (Fsp3) is 0.105. The van der Waals surface area contributed by atoms with Gasteiger partial charge in [0.1, 0.15) is 18.3 Å². The number of rotatable bonds is 5. The van der Waals surface area contributed by atoms with E-state index in [0.717, 1.165) is 10.9 Å². The van der Waals surface area contributed by atoms with Crippen LogP contribution in [-0.4, -0.2) is 23.4 Å².